The van der Waals surface area contributed by atoms with Crippen molar-refractivity contribution in [2.45, 2.75) is 39.5 Å². The Labute approximate surface area is 121 Å². The van der Waals surface area contributed by atoms with Crippen LogP contribution >= 0.6 is 0 Å². The predicted molar refractivity (Wildman–Crippen MR) is 68.1 cm³/mol. The van der Waals surface area contributed by atoms with E-state index in [9.17, 15) is 9.90 Å². The first kappa shape index (κ1) is 17.1. The normalized spacial score (nSPS) is 10.4. The van der Waals surface area contributed by atoms with Gasteiger partial charge in [-0.05, 0) is 29.0 Å². The van der Waals surface area contributed by atoms with E-state index >= 15 is 0 Å². The van der Waals surface area contributed by atoms with Crippen LogP contribution in [0.2, 0.25) is 0 Å². The molecule has 1 N–H and O–H groups in total. The molecular weight excluding hydrogens is 282 g/mol. The molecule has 0 bridgehead atoms. The molecule has 3 nitrogen and oxygen atoms in total. The van der Waals surface area contributed by atoms with Crippen LogP contribution in [-0.2, 0) is 19.5 Å². The maximum absolute atomic E-state index is 11.3. The van der Waals surface area contributed by atoms with Crippen molar-refractivity contribution in [3.8, 4) is 5.75 Å². The van der Waals surface area contributed by atoms with E-state index in [-0.39, 0.29) is 31.0 Å². The molecule has 0 aromatic heterocycles. The number of aromatic carboxylic acids is 1. The van der Waals surface area contributed by atoms with Gasteiger partial charge in [0.1, 0.15) is 11.3 Å². The van der Waals surface area contributed by atoms with Crippen LogP contribution in [0.25, 0.3) is 0 Å². The summed E-state index contributed by atoms with van der Waals surface area (Å²) in [5, 5.41) is 9.23. The van der Waals surface area contributed by atoms with Crippen LogP contribution in [0.15, 0.2) is 12.1 Å². The third-order valence-electron chi connectivity index (χ3n) is 2.86. The first-order valence-electron chi connectivity index (χ1n) is 5.83. The molecular formula is C14H20O3Zn. The summed E-state index contributed by atoms with van der Waals surface area (Å²) < 4.78 is 5.25. The van der Waals surface area contributed by atoms with E-state index in [0.717, 1.165) is 11.1 Å². The zero-order valence-electron chi connectivity index (χ0n) is 11.8. The molecule has 0 saturated heterocycles. The van der Waals surface area contributed by atoms with Gasteiger partial charge in [0.15, 0.2) is 0 Å². The monoisotopic (exact) mass is 300 g/mol. The summed E-state index contributed by atoms with van der Waals surface area (Å²) in [6.45, 7) is 8.18. The van der Waals surface area contributed by atoms with E-state index in [1.807, 2.05) is 19.9 Å². The molecule has 4 heteroatoms. The average Bonchev–Trinajstić information content (AvgIpc) is 2.26. The average molecular weight is 302 g/mol. The molecule has 0 aliphatic carbocycles. The molecule has 96 valence electrons. The minimum absolute atomic E-state index is 0. The van der Waals surface area contributed by atoms with E-state index in [2.05, 4.69) is 13.8 Å². The van der Waals surface area contributed by atoms with E-state index in [4.69, 9.17) is 4.74 Å². The van der Waals surface area contributed by atoms with Crippen LogP contribution in [0.5, 0.6) is 5.75 Å². The fourth-order valence-electron chi connectivity index (χ4n) is 1.82. The number of benzene rings is 1. The van der Waals surface area contributed by atoms with Gasteiger partial charge in [0.25, 0.3) is 0 Å². The number of ether oxygens (including phenoxy) is 1. The number of hydrogen-bond donors (Lipinski definition) is 1. The number of rotatable bonds is 4. The SMILES string of the molecule is COc1c(C(=O)O)cc(C(C)C)cc1C(C)C.[Zn]. The van der Waals surface area contributed by atoms with Crippen LogP contribution in [0, 0.1) is 0 Å². The molecule has 0 atom stereocenters. The van der Waals surface area contributed by atoms with Gasteiger partial charge in [-0.1, -0.05) is 33.8 Å². The summed E-state index contributed by atoms with van der Waals surface area (Å²) in [6.07, 6.45) is 0. The minimum Gasteiger partial charge on any atom is -0.496 e. The van der Waals surface area contributed by atoms with Crippen molar-refractivity contribution in [3.63, 3.8) is 0 Å². The Balaban J connectivity index is 0.00000289. The van der Waals surface area contributed by atoms with Gasteiger partial charge in [-0.3, -0.25) is 0 Å². The van der Waals surface area contributed by atoms with Gasteiger partial charge in [-0.25, -0.2) is 4.79 Å². The van der Waals surface area contributed by atoms with Crippen LogP contribution in [-0.4, -0.2) is 18.2 Å². The van der Waals surface area contributed by atoms with Gasteiger partial charge >= 0.3 is 5.97 Å². The molecule has 0 heterocycles. The fourth-order valence-corrected chi connectivity index (χ4v) is 1.82. The minimum atomic E-state index is -0.939. The van der Waals surface area contributed by atoms with Crippen LogP contribution < -0.4 is 4.74 Å². The van der Waals surface area contributed by atoms with Gasteiger partial charge in [0.05, 0.1) is 7.11 Å². The molecule has 0 fully saturated rings. The summed E-state index contributed by atoms with van der Waals surface area (Å²) in [6, 6.07) is 3.75. The van der Waals surface area contributed by atoms with Crippen molar-refractivity contribution in [3.05, 3.63) is 28.8 Å². The van der Waals surface area contributed by atoms with E-state index in [1.165, 1.54) is 7.11 Å². The zero-order valence-corrected chi connectivity index (χ0v) is 14.7. The first-order valence-corrected chi connectivity index (χ1v) is 5.83. The number of hydrogen-bond acceptors (Lipinski definition) is 2. The van der Waals surface area contributed by atoms with Crippen molar-refractivity contribution in [2.24, 2.45) is 0 Å². The molecule has 0 aliphatic heterocycles. The molecule has 0 radical (unpaired) electrons. The number of carboxylic acids is 1. The first-order chi connectivity index (χ1) is 7.88. The second-order valence-electron chi connectivity index (χ2n) is 4.81. The van der Waals surface area contributed by atoms with E-state index in [0.29, 0.717) is 11.7 Å². The van der Waals surface area contributed by atoms with Crippen LogP contribution in [0.1, 0.15) is 61.0 Å². The Hall–Kier alpha value is -0.887. The van der Waals surface area contributed by atoms with Crippen molar-refractivity contribution < 1.29 is 34.1 Å². The molecule has 1 aromatic carbocycles. The summed E-state index contributed by atoms with van der Waals surface area (Å²) in [5.41, 5.74) is 2.24. The van der Waals surface area contributed by atoms with Crippen molar-refractivity contribution in [2.75, 3.05) is 7.11 Å². The Morgan fingerprint density at radius 1 is 1.17 bits per heavy atom. The zero-order chi connectivity index (χ0) is 13.2. The molecule has 0 saturated carbocycles. The van der Waals surface area contributed by atoms with Crippen molar-refractivity contribution in [1.29, 1.82) is 0 Å². The largest absolute Gasteiger partial charge is 0.496 e. The number of carboxylic acid groups (broad SMARTS) is 1. The predicted octanol–water partition coefficient (Wildman–Crippen LogP) is 3.64. The second-order valence-corrected chi connectivity index (χ2v) is 4.81. The van der Waals surface area contributed by atoms with Gasteiger partial charge in [-0.15, -0.1) is 0 Å². The third kappa shape index (κ3) is 3.55. The molecule has 0 aliphatic rings. The number of methoxy groups -OCH3 is 1. The maximum Gasteiger partial charge on any atom is 0.339 e. The Kier molecular flexibility index (Phi) is 6.55. The smallest absolute Gasteiger partial charge is 0.339 e. The van der Waals surface area contributed by atoms with Gasteiger partial charge in [0, 0.05) is 19.5 Å². The Morgan fingerprint density at radius 3 is 2.06 bits per heavy atom. The maximum atomic E-state index is 11.3. The van der Waals surface area contributed by atoms with Crippen molar-refractivity contribution >= 4 is 5.97 Å². The fraction of sp³-hybridized carbons (Fsp3) is 0.500. The summed E-state index contributed by atoms with van der Waals surface area (Å²) in [5.74, 6) is 0.0846. The standard InChI is InChI=1S/C14H20O3.Zn/c1-8(2)10-6-11(9(3)4)13(17-5)12(7-10)14(15)16;/h6-9H,1-5H3,(H,15,16);. The Bertz CT molecular complexity index is 425. The molecule has 1 aromatic rings. The topological polar surface area (TPSA) is 46.5 Å². The van der Waals surface area contributed by atoms with Gasteiger partial charge < -0.3 is 9.84 Å². The van der Waals surface area contributed by atoms with E-state index in [1.54, 1.807) is 6.07 Å². The molecule has 0 unspecified atom stereocenters. The molecule has 18 heavy (non-hydrogen) atoms. The quantitative estimate of drug-likeness (QED) is 0.864. The van der Waals surface area contributed by atoms with Gasteiger partial charge in [-0.2, -0.15) is 0 Å². The molecule has 0 spiro atoms. The summed E-state index contributed by atoms with van der Waals surface area (Å²) >= 11 is 0. The Morgan fingerprint density at radius 2 is 1.72 bits per heavy atom. The van der Waals surface area contributed by atoms with Gasteiger partial charge in [0.2, 0.25) is 0 Å². The summed E-state index contributed by atoms with van der Waals surface area (Å²) in [4.78, 5) is 11.3. The van der Waals surface area contributed by atoms with E-state index < -0.39 is 5.97 Å². The van der Waals surface area contributed by atoms with Crippen LogP contribution in [0.3, 0.4) is 0 Å². The second kappa shape index (κ2) is 6.89. The molecule has 0 amide bonds. The molecule has 1 rings (SSSR count). The van der Waals surface area contributed by atoms with Crippen LogP contribution in [0.4, 0.5) is 0 Å². The number of carbonyl (C=O) groups is 1. The van der Waals surface area contributed by atoms with Crippen molar-refractivity contribution in [1.82, 2.24) is 0 Å². The third-order valence-corrected chi connectivity index (χ3v) is 2.86. The summed E-state index contributed by atoms with van der Waals surface area (Å²) in [7, 11) is 1.52.